The number of hydrogen-bond acceptors (Lipinski definition) is 4. The van der Waals surface area contributed by atoms with E-state index in [1.54, 1.807) is 36.4 Å². The molecular formula is C17H21NO5S2. The third-order valence-corrected chi connectivity index (χ3v) is 6.63. The van der Waals surface area contributed by atoms with Crippen molar-refractivity contribution in [3.8, 4) is 0 Å². The Labute approximate surface area is 148 Å². The maximum absolute atomic E-state index is 12.5. The molecule has 0 saturated heterocycles. The van der Waals surface area contributed by atoms with Crippen molar-refractivity contribution < 1.29 is 21.4 Å². The molecule has 0 heterocycles. The van der Waals surface area contributed by atoms with Gasteiger partial charge in [0, 0.05) is 13.6 Å². The first-order valence-corrected chi connectivity index (χ1v) is 10.6. The Hall–Kier alpha value is -1.74. The van der Waals surface area contributed by atoms with Crippen LogP contribution in [0.25, 0.3) is 0 Å². The Bertz CT molecular complexity index is 918. The van der Waals surface area contributed by atoms with Crippen LogP contribution in [0.5, 0.6) is 0 Å². The second-order valence-corrected chi connectivity index (χ2v) is 9.33. The van der Waals surface area contributed by atoms with Gasteiger partial charge in [-0.15, -0.1) is 0 Å². The van der Waals surface area contributed by atoms with Crippen LogP contribution < -0.4 is 0 Å². The Morgan fingerprint density at radius 1 is 0.880 bits per heavy atom. The number of hydrogen-bond donors (Lipinski definition) is 1. The molecule has 0 aliphatic heterocycles. The summed E-state index contributed by atoms with van der Waals surface area (Å²) in [5, 5.41) is 0. The van der Waals surface area contributed by atoms with Gasteiger partial charge in [0.15, 0.2) is 0 Å². The van der Waals surface area contributed by atoms with Gasteiger partial charge < -0.3 is 0 Å². The standard InChI is InChI=1S/C17H21NO5S2/c1-14-5-9-16(10-6-14)24(19,20)18(2)13-3-4-15-7-11-17(12-8-15)25(21,22)23/h5-12H,3-4,13H2,1-2H3,(H,21,22,23). The quantitative estimate of drug-likeness (QED) is 0.742. The molecular weight excluding hydrogens is 362 g/mol. The fraction of sp³-hybridized carbons (Fsp3) is 0.294. The van der Waals surface area contributed by atoms with Crippen LogP contribution in [0.2, 0.25) is 0 Å². The average molecular weight is 383 g/mol. The summed E-state index contributed by atoms with van der Waals surface area (Å²) >= 11 is 0. The molecule has 136 valence electrons. The number of sulfonamides is 1. The zero-order chi connectivity index (χ0) is 18.7. The summed E-state index contributed by atoms with van der Waals surface area (Å²) in [6, 6.07) is 12.6. The Kier molecular flexibility index (Phi) is 5.99. The van der Waals surface area contributed by atoms with E-state index in [1.807, 2.05) is 6.92 Å². The van der Waals surface area contributed by atoms with Crippen molar-refractivity contribution in [2.24, 2.45) is 0 Å². The topological polar surface area (TPSA) is 91.8 Å². The Morgan fingerprint density at radius 3 is 1.92 bits per heavy atom. The smallest absolute Gasteiger partial charge is 0.282 e. The summed E-state index contributed by atoms with van der Waals surface area (Å²) in [5.74, 6) is 0. The van der Waals surface area contributed by atoms with E-state index in [-0.39, 0.29) is 9.79 Å². The van der Waals surface area contributed by atoms with Crippen LogP contribution in [0.15, 0.2) is 58.3 Å². The number of benzene rings is 2. The Morgan fingerprint density at radius 2 is 1.40 bits per heavy atom. The summed E-state index contributed by atoms with van der Waals surface area (Å²) in [6.07, 6.45) is 1.19. The molecule has 25 heavy (non-hydrogen) atoms. The van der Waals surface area contributed by atoms with Crippen LogP contribution in [-0.4, -0.2) is 39.3 Å². The highest BCUT2D eigenvalue weighted by Gasteiger charge is 2.20. The van der Waals surface area contributed by atoms with E-state index in [0.29, 0.717) is 19.4 Å². The first kappa shape index (κ1) is 19.6. The van der Waals surface area contributed by atoms with E-state index >= 15 is 0 Å². The molecule has 2 aromatic rings. The lowest BCUT2D eigenvalue weighted by Crippen LogP contribution is -2.28. The summed E-state index contributed by atoms with van der Waals surface area (Å²) in [6.45, 7) is 2.24. The van der Waals surface area contributed by atoms with Crippen molar-refractivity contribution in [1.82, 2.24) is 4.31 Å². The highest BCUT2D eigenvalue weighted by molar-refractivity contribution is 7.89. The number of rotatable bonds is 7. The fourth-order valence-corrected chi connectivity index (χ4v) is 4.03. The lowest BCUT2D eigenvalue weighted by Gasteiger charge is -2.17. The summed E-state index contributed by atoms with van der Waals surface area (Å²) < 4.78 is 57.2. The van der Waals surface area contributed by atoms with E-state index in [1.165, 1.54) is 23.5 Å². The largest absolute Gasteiger partial charge is 0.294 e. The van der Waals surface area contributed by atoms with E-state index in [4.69, 9.17) is 4.55 Å². The number of aryl methyl sites for hydroxylation is 2. The van der Waals surface area contributed by atoms with E-state index < -0.39 is 20.1 Å². The third kappa shape index (κ3) is 5.12. The van der Waals surface area contributed by atoms with Gasteiger partial charge in [0.25, 0.3) is 10.1 Å². The zero-order valence-electron chi connectivity index (χ0n) is 14.1. The van der Waals surface area contributed by atoms with Crippen LogP contribution in [0.3, 0.4) is 0 Å². The first-order chi connectivity index (χ1) is 11.6. The minimum Gasteiger partial charge on any atom is -0.282 e. The maximum Gasteiger partial charge on any atom is 0.294 e. The lowest BCUT2D eigenvalue weighted by atomic mass is 10.1. The molecule has 0 aliphatic rings. The molecule has 0 radical (unpaired) electrons. The Balaban J connectivity index is 1.95. The second-order valence-electron chi connectivity index (χ2n) is 5.86. The van der Waals surface area contributed by atoms with E-state index in [2.05, 4.69) is 0 Å². The van der Waals surface area contributed by atoms with Gasteiger partial charge in [0.05, 0.1) is 9.79 Å². The monoisotopic (exact) mass is 383 g/mol. The normalized spacial score (nSPS) is 12.5. The molecule has 2 aromatic carbocycles. The van der Waals surface area contributed by atoms with Crippen molar-refractivity contribution >= 4 is 20.1 Å². The van der Waals surface area contributed by atoms with Gasteiger partial charge in [-0.2, -0.15) is 8.42 Å². The van der Waals surface area contributed by atoms with Crippen LogP contribution in [-0.2, 0) is 26.6 Å². The SMILES string of the molecule is Cc1ccc(S(=O)(=O)N(C)CCCc2ccc(S(=O)(=O)O)cc2)cc1. The molecule has 0 spiro atoms. The molecule has 1 N–H and O–H groups in total. The van der Waals surface area contributed by atoms with Crippen molar-refractivity contribution in [2.45, 2.75) is 29.6 Å². The van der Waals surface area contributed by atoms with Gasteiger partial charge in [0.1, 0.15) is 0 Å². The third-order valence-electron chi connectivity index (χ3n) is 3.89. The predicted molar refractivity (Wildman–Crippen MR) is 95.6 cm³/mol. The molecule has 0 saturated carbocycles. The van der Waals surface area contributed by atoms with Gasteiger partial charge in [-0.3, -0.25) is 4.55 Å². The van der Waals surface area contributed by atoms with Crippen molar-refractivity contribution in [3.63, 3.8) is 0 Å². The van der Waals surface area contributed by atoms with Crippen LogP contribution in [0.4, 0.5) is 0 Å². The predicted octanol–water partition coefficient (Wildman–Crippen LogP) is 2.50. The van der Waals surface area contributed by atoms with Gasteiger partial charge in [-0.25, -0.2) is 12.7 Å². The molecule has 0 amide bonds. The molecule has 0 atom stereocenters. The zero-order valence-corrected chi connectivity index (χ0v) is 15.7. The minimum atomic E-state index is -4.19. The van der Waals surface area contributed by atoms with Crippen molar-refractivity contribution in [2.75, 3.05) is 13.6 Å². The number of nitrogens with zero attached hydrogens (tertiary/aromatic N) is 1. The van der Waals surface area contributed by atoms with Crippen LogP contribution >= 0.6 is 0 Å². The minimum absolute atomic E-state index is 0.157. The van der Waals surface area contributed by atoms with Crippen molar-refractivity contribution in [1.29, 1.82) is 0 Å². The first-order valence-electron chi connectivity index (χ1n) is 7.70. The molecule has 6 nitrogen and oxygen atoms in total. The molecule has 0 fully saturated rings. The highest BCUT2D eigenvalue weighted by Crippen LogP contribution is 2.16. The molecule has 0 aliphatic carbocycles. The van der Waals surface area contributed by atoms with Gasteiger partial charge in [-0.05, 0) is 49.6 Å². The van der Waals surface area contributed by atoms with Crippen LogP contribution in [0, 0.1) is 6.92 Å². The van der Waals surface area contributed by atoms with Gasteiger partial charge in [0.2, 0.25) is 10.0 Å². The lowest BCUT2D eigenvalue weighted by molar-refractivity contribution is 0.461. The maximum atomic E-state index is 12.5. The molecule has 8 heteroatoms. The van der Waals surface area contributed by atoms with E-state index in [9.17, 15) is 16.8 Å². The summed E-state index contributed by atoms with van der Waals surface area (Å²) in [4.78, 5) is 0.105. The van der Waals surface area contributed by atoms with E-state index in [0.717, 1.165) is 11.1 Å². The second kappa shape index (κ2) is 7.65. The molecule has 2 rings (SSSR count). The highest BCUT2D eigenvalue weighted by atomic mass is 32.2. The molecule has 0 unspecified atom stereocenters. The van der Waals surface area contributed by atoms with Gasteiger partial charge in [-0.1, -0.05) is 29.8 Å². The van der Waals surface area contributed by atoms with Crippen LogP contribution in [0.1, 0.15) is 17.5 Å². The van der Waals surface area contributed by atoms with Crippen molar-refractivity contribution in [3.05, 3.63) is 59.7 Å². The average Bonchev–Trinajstić information content (AvgIpc) is 2.54. The summed E-state index contributed by atoms with van der Waals surface area (Å²) in [5.41, 5.74) is 1.86. The fourth-order valence-electron chi connectivity index (χ4n) is 2.34. The summed E-state index contributed by atoms with van der Waals surface area (Å²) in [7, 11) is -6.17. The molecule has 0 bridgehead atoms. The van der Waals surface area contributed by atoms with Gasteiger partial charge >= 0.3 is 0 Å². The molecule has 0 aromatic heterocycles.